The molecule has 0 unspecified atom stereocenters. The number of nitrogens with two attached hydrogens (primary N) is 1. The van der Waals surface area contributed by atoms with Gasteiger partial charge in [0.15, 0.2) is 0 Å². The predicted molar refractivity (Wildman–Crippen MR) is 69.4 cm³/mol. The largest absolute Gasteiger partial charge is 0.398 e. The lowest BCUT2D eigenvalue weighted by Gasteiger charge is -2.08. The first-order chi connectivity index (χ1) is 8.99. The van der Waals surface area contributed by atoms with Crippen LogP contribution in [0.2, 0.25) is 0 Å². The summed E-state index contributed by atoms with van der Waals surface area (Å²) in [4.78, 5) is 11.8. The second-order valence-corrected chi connectivity index (χ2v) is 5.57. The lowest BCUT2D eigenvalue weighted by atomic mass is 10.4. The predicted octanol–water partition coefficient (Wildman–Crippen LogP) is 0.241. The Morgan fingerprint density at radius 3 is 2.79 bits per heavy atom. The van der Waals surface area contributed by atoms with E-state index in [4.69, 9.17) is 5.73 Å². The first-order valence-electron chi connectivity index (χ1n) is 5.47. The van der Waals surface area contributed by atoms with Crippen molar-refractivity contribution in [1.82, 2.24) is 19.7 Å². The lowest BCUT2D eigenvalue weighted by Crippen LogP contribution is -2.24. The van der Waals surface area contributed by atoms with Crippen LogP contribution in [0.4, 0.5) is 5.69 Å². The van der Waals surface area contributed by atoms with Crippen LogP contribution in [0.1, 0.15) is 11.5 Å². The van der Waals surface area contributed by atoms with Gasteiger partial charge in [0.25, 0.3) is 0 Å². The third-order valence-electron chi connectivity index (χ3n) is 2.38. The van der Waals surface area contributed by atoms with Crippen LogP contribution >= 0.6 is 0 Å². The van der Waals surface area contributed by atoms with Gasteiger partial charge in [0.2, 0.25) is 10.0 Å². The number of aryl methyl sites for hydroxylation is 1. The Morgan fingerprint density at radius 2 is 2.11 bits per heavy atom. The minimum atomic E-state index is -3.70. The number of rotatable bonds is 4. The number of hydrogen-bond acceptors (Lipinski definition) is 6. The summed E-state index contributed by atoms with van der Waals surface area (Å²) < 4.78 is 26.5. The molecule has 0 spiro atoms. The highest BCUT2D eigenvalue weighted by molar-refractivity contribution is 7.89. The number of nitrogens with one attached hydrogen (secondary N) is 1. The van der Waals surface area contributed by atoms with Crippen molar-refractivity contribution >= 4 is 15.7 Å². The molecule has 2 rings (SSSR count). The first-order valence-corrected chi connectivity index (χ1v) is 6.95. The fraction of sp³-hybridized carbons (Fsp3) is 0.182. The summed E-state index contributed by atoms with van der Waals surface area (Å²) in [5.74, 6) is 0.581. The van der Waals surface area contributed by atoms with E-state index in [9.17, 15) is 8.42 Å². The van der Waals surface area contributed by atoms with Gasteiger partial charge in [-0.05, 0) is 19.1 Å². The molecule has 2 aromatic rings. The van der Waals surface area contributed by atoms with Crippen LogP contribution in [0.5, 0.6) is 0 Å². The van der Waals surface area contributed by atoms with Crippen LogP contribution in [0.25, 0.3) is 0 Å². The molecule has 3 N–H and O–H groups in total. The minimum Gasteiger partial charge on any atom is -0.398 e. The maximum atomic E-state index is 12.0. The molecular weight excluding hydrogens is 266 g/mol. The highest BCUT2D eigenvalue weighted by atomic mass is 32.2. The van der Waals surface area contributed by atoms with Crippen LogP contribution in [0.3, 0.4) is 0 Å². The molecule has 7 nitrogen and oxygen atoms in total. The van der Waals surface area contributed by atoms with Crippen LogP contribution in [0, 0.1) is 6.92 Å². The monoisotopic (exact) mass is 279 g/mol. The third-order valence-corrected chi connectivity index (χ3v) is 3.83. The maximum Gasteiger partial charge on any atom is 0.244 e. The van der Waals surface area contributed by atoms with E-state index in [0.717, 1.165) is 0 Å². The van der Waals surface area contributed by atoms with Crippen molar-refractivity contribution in [3.05, 3.63) is 42.2 Å². The molecule has 0 fully saturated rings. The minimum absolute atomic E-state index is 0.0409. The molecular formula is C11H13N5O2S. The SMILES string of the molecule is Cc1nccc(CNS(=O)(=O)c2cnccc2N)n1. The molecule has 0 radical (unpaired) electrons. The summed E-state index contributed by atoms with van der Waals surface area (Å²) in [7, 11) is -3.70. The van der Waals surface area contributed by atoms with Gasteiger partial charge >= 0.3 is 0 Å². The van der Waals surface area contributed by atoms with E-state index in [1.54, 1.807) is 19.2 Å². The van der Waals surface area contributed by atoms with Gasteiger partial charge in [-0.1, -0.05) is 0 Å². The molecule has 0 aliphatic heterocycles. The van der Waals surface area contributed by atoms with E-state index in [1.807, 2.05) is 0 Å². The third kappa shape index (κ3) is 3.24. The molecule has 19 heavy (non-hydrogen) atoms. The Kier molecular flexibility index (Phi) is 3.72. The first kappa shape index (κ1) is 13.4. The van der Waals surface area contributed by atoms with Gasteiger partial charge in [0, 0.05) is 18.6 Å². The zero-order valence-corrected chi connectivity index (χ0v) is 11.1. The molecule has 0 aromatic carbocycles. The second kappa shape index (κ2) is 5.29. The smallest absolute Gasteiger partial charge is 0.244 e. The topological polar surface area (TPSA) is 111 Å². The zero-order valence-electron chi connectivity index (χ0n) is 10.2. The van der Waals surface area contributed by atoms with Gasteiger partial charge in [-0.25, -0.2) is 23.1 Å². The van der Waals surface area contributed by atoms with Gasteiger partial charge in [-0.3, -0.25) is 4.98 Å². The summed E-state index contributed by atoms with van der Waals surface area (Å²) in [6.45, 7) is 1.80. The number of hydrogen-bond donors (Lipinski definition) is 2. The quantitative estimate of drug-likeness (QED) is 0.829. The van der Waals surface area contributed by atoms with Gasteiger partial charge in [0.1, 0.15) is 10.7 Å². The second-order valence-electron chi connectivity index (χ2n) is 3.83. The Labute approximate surface area is 111 Å². The summed E-state index contributed by atoms with van der Waals surface area (Å²) in [6, 6.07) is 3.07. The van der Waals surface area contributed by atoms with Crippen molar-refractivity contribution in [3.63, 3.8) is 0 Å². The summed E-state index contributed by atoms with van der Waals surface area (Å²) in [5.41, 5.74) is 6.35. The summed E-state index contributed by atoms with van der Waals surface area (Å²) in [6.07, 6.45) is 4.22. The standard InChI is InChI=1S/C11H13N5O2S/c1-8-14-5-2-9(16-8)6-15-19(17,18)11-7-13-4-3-10(11)12/h2-5,7,15H,6H2,1H3,(H2,12,13). The van der Waals surface area contributed by atoms with E-state index < -0.39 is 10.0 Å². The molecule has 0 aliphatic carbocycles. The summed E-state index contributed by atoms with van der Waals surface area (Å²) in [5, 5.41) is 0. The fourth-order valence-electron chi connectivity index (χ4n) is 1.47. The van der Waals surface area contributed by atoms with Crippen LogP contribution in [-0.4, -0.2) is 23.4 Å². The van der Waals surface area contributed by atoms with Crippen molar-refractivity contribution in [2.75, 3.05) is 5.73 Å². The molecule has 0 atom stereocenters. The zero-order chi connectivity index (χ0) is 13.9. The van der Waals surface area contributed by atoms with Crippen molar-refractivity contribution in [2.24, 2.45) is 0 Å². The molecule has 0 amide bonds. The van der Waals surface area contributed by atoms with Gasteiger partial charge in [0.05, 0.1) is 17.9 Å². The van der Waals surface area contributed by atoms with Crippen molar-refractivity contribution in [3.8, 4) is 0 Å². The van der Waals surface area contributed by atoms with Crippen LogP contribution in [-0.2, 0) is 16.6 Å². The van der Waals surface area contributed by atoms with Crippen molar-refractivity contribution < 1.29 is 8.42 Å². The van der Waals surface area contributed by atoms with E-state index in [1.165, 1.54) is 18.5 Å². The Balaban J connectivity index is 2.17. The van der Waals surface area contributed by atoms with Crippen molar-refractivity contribution in [2.45, 2.75) is 18.4 Å². The van der Waals surface area contributed by atoms with Crippen LogP contribution in [0.15, 0.2) is 35.6 Å². The highest BCUT2D eigenvalue weighted by Gasteiger charge is 2.17. The fourth-order valence-corrected chi connectivity index (χ4v) is 2.54. The van der Waals surface area contributed by atoms with Crippen molar-refractivity contribution in [1.29, 1.82) is 0 Å². The molecule has 100 valence electrons. The Hall–Kier alpha value is -2.06. The molecule has 8 heteroatoms. The number of anilines is 1. The molecule has 2 heterocycles. The number of aromatic nitrogens is 3. The maximum absolute atomic E-state index is 12.0. The summed E-state index contributed by atoms with van der Waals surface area (Å²) >= 11 is 0. The van der Waals surface area contributed by atoms with E-state index >= 15 is 0 Å². The number of nitrogens with zero attached hydrogens (tertiary/aromatic N) is 3. The number of sulfonamides is 1. The molecule has 0 bridgehead atoms. The van der Waals surface area contributed by atoms with Gasteiger partial charge < -0.3 is 5.73 Å². The number of nitrogen functional groups attached to an aromatic ring is 1. The molecule has 0 aliphatic rings. The van der Waals surface area contributed by atoms with E-state index in [-0.39, 0.29) is 17.1 Å². The Bertz CT molecular complexity index is 687. The average molecular weight is 279 g/mol. The average Bonchev–Trinajstić information content (AvgIpc) is 2.37. The highest BCUT2D eigenvalue weighted by Crippen LogP contribution is 2.15. The lowest BCUT2D eigenvalue weighted by molar-refractivity contribution is 0.580. The number of pyridine rings is 1. The van der Waals surface area contributed by atoms with Gasteiger partial charge in [-0.15, -0.1) is 0 Å². The van der Waals surface area contributed by atoms with Crippen LogP contribution < -0.4 is 10.5 Å². The van der Waals surface area contributed by atoms with E-state index in [2.05, 4.69) is 19.7 Å². The van der Waals surface area contributed by atoms with Gasteiger partial charge in [-0.2, -0.15) is 0 Å². The normalized spacial score (nSPS) is 11.4. The van der Waals surface area contributed by atoms with E-state index in [0.29, 0.717) is 11.5 Å². The molecule has 0 saturated heterocycles. The Morgan fingerprint density at radius 1 is 1.32 bits per heavy atom. The molecule has 2 aromatic heterocycles. The molecule has 0 saturated carbocycles.